The molecule has 2 aliphatic heterocycles. The smallest absolute Gasteiger partial charge is 0.342 e. The monoisotopic (exact) mass is 433 g/mol. The van der Waals surface area contributed by atoms with Crippen molar-refractivity contribution in [3.63, 3.8) is 0 Å². The first kappa shape index (κ1) is 21.6. The highest BCUT2D eigenvalue weighted by atomic mass is 32.2. The van der Waals surface area contributed by atoms with Crippen molar-refractivity contribution in [3.05, 3.63) is 29.8 Å². The molecule has 0 aliphatic carbocycles. The van der Waals surface area contributed by atoms with E-state index in [4.69, 9.17) is 0 Å². The van der Waals surface area contributed by atoms with E-state index in [1.54, 1.807) is 9.80 Å². The molecule has 0 saturated carbocycles. The Morgan fingerprint density at radius 2 is 1.62 bits per heavy atom. The zero-order chi connectivity index (χ0) is 21.2. The van der Waals surface area contributed by atoms with Gasteiger partial charge in [0.25, 0.3) is 0 Å². The molecule has 0 unspecified atom stereocenters. The maximum absolute atomic E-state index is 12.7. The zero-order valence-electron chi connectivity index (χ0n) is 15.7. The largest absolute Gasteiger partial charge is 0.416 e. The number of piperazine rings is 1. The molecule has 0 N–H and O–H groups in total. The number of sulfonamides is 1. The van der Waals surface area contributed by atoms with E-state index in [1.165, 1.54) is 4.31 Å². The minimum absolute atomic E-state index is 0.0465. The van der Waals surface area contributed by atoms with Gasteiger partial charge in [-0.1, -0.05) is 0 Å². The van der Waals surface area contributed by atoms with E-state index in [1.807, 2.05) is 0 Å². The molecule has 0 bridgehead atoms. The lowest BCUT2D eigenvalue weighted by molar-refractivity contribution is -0.137. The molecule has 2 aliphatic rings. The molecule has 0 spiro atoms. The Bertz CT molecular complexity index is 863. The van der Waals surface area contributed by atoms with Crippen LogP contribution < -0.4 is 0 Å². The van der Waals surface area contributed by atoms with Gasteiger partial charge in [0.1, 0.15) is 0 Å². The Hall–Kier alpha value is -2.14. The quantitative estimate of drug-likeness (QED) is 0.706. The van der Waals surface area contributed by atoms with Crippen LogP contribution in [0.15, 0.2) is 29.2 Å². The van der Waals surface area contributed by atoms with Gasteiger partial charge < -0.3 is 9.80 Å². The number of rotatable bonds is 5. The molecule has 2 amide bonds. The molecule has 0 radical (unpaired) electrons. The van der Waals surface area contributed by atoms with Gasteiger partial charge in [-0.25, -0.2) is 8.42 Å². The van der Waals surface area contributed by atoms with Crippen LogP contribution in [-0.2, 0) is 25.8 Å². The van der Waals surface area contributed by atoms with E-state index in [0.29, 0.717) is 19.5 Å². The molecule has 11 heteroatoms. The van der Waals surface area contributed by atoms with Gasteiger partial charge in [0, 0.05) is 52.1 Å². The molecule has 1 aromatic rings. The van der Waals surface area contributed by atoms with Gasteiger partial charge in [0.2, 0.25) is 21.8 Å². The van der Waals surface area contributed by atoms with Crippen molar-refractivity contribution in [2.45, 2.75) is 30.3 Å². The molecule has 2 fully saturated rings. The zero-order valence-corrected chi connectivity index (χ0v) is 16.5. The van der Waals surface area contributed by atoms with Crippen LogP contribution in [0.5, 0.6) is 0 Å². The van der Waals surface area contributed by atoms with Crippen molar-refractivity contribution in [2.24, 2.45) is 0 Å². The minimum Gasteiger partial charge on any atom is -0.342 e. The molecule has 3 rings (SSSR count). The molecule has 2 heterocycles. The lowest BCUT2D eigenvalue weighted by Crippen LogP contribution is -2.50. The van der Waals surface area contributed by atoms with Crippen LogP contribution in [0.4, 0.5) is 13.2 Å². The standard InChI is InChI=1S/C18H22F3N3O4S/c19-18(20,21)14-3-5-15(6-4-14)29(27,28)24-12-10-23(11-13-24)17(26)7-9-22-8-1-2-16(22)25/h3-6H,1-2,7-13H2. The third-order valence-electron chi connectivity index (χ3n) is 5.18. The highest BCUT2D eigenvalue weighted by Gasteiger charge is 2.33. The normalized spacial score (nSPS) is 19.1. The maximum Gasteiger partial charge on any atom is 0.416 e. The Labute approximate surface area is 167 Å². The molecule has 7 nitrogen and oxygen atoms in total. The molecule has 1 aromatic carbocycles. The number of nitrogens with zero attached hydrogens (tertiary/aromatic N) is 3. The van der Waals surface area contributed by atoms with Gasteiger partial charge in [-0.15, -0.1) is 0 Å². The second kappa shape index (κ2) is 8.31. The minimum atomic E-state index is -4.53. The summed E-state index contributed by atoms with van der Waals surface area (Å²) in [6, 6.07) is 3.38. The van der Waals surface area contributed by atoms with E-state index in [0.717, 1.165) is 30.7 Å². The molecule has 0 aromatic heterocycles. The highest BCUT2D eigenvalue weighted by Crippen LogP contribution is 2.30. The first-order chi connectivity index (χ1) is 13.6. The van der Waals surface area contributed by atoms with Crippen LogP contribution in [0.25, 0.3) is 0 Å². The Kier molecular flexibility index (Phi) is 6.18. The summed E-state index contributed by atoms with van der Waals surface area (Å²) in [6.07, 6.45) is -3.03. The number of likely N-dealkylation sites (tertiary alicyclic amines) is 1. The Balaban J connectivity index is 1.55. The molecule has 2 saturated heterocycles. The number of alkyl halides is 3. The van der Waals surface area contributed by atoms with Crippen LogP contribution in [0.1, 0.15) is 24.8 Å². The second-order valence-corrected chi connectivity index (χ2v) is 8.98. The van der Waals surface area contributed by atoms with Crippen LogP contribution >= 0.6 is 0 Å². The summed E-state index contributed by atoms with van der Waals surface area (Å²) in [4.78, 5) is 26.9. The van der Waals surface area contributed by atoms with Crippen molar-refractivity contribution in [2.75, 3.05) is 39.3 Å². The van der Waals surface area contributed by atoms with E-state index < -0.39 is 21.8 Å². The lowest BCUT2D eigenvalue weighted by atomic mass is 10.2. The van der Waals surface area contributed by atoms with Crippen LogP contribution in [0, 0.1) is 0 Å². The van der Waals surface area contributed by atoms with Crippen molar-refractivity contribution in [1.29, 1.82) is 0 Å². The highest BCUT2D eigenvalue weighted by molar-refractivity contribution is 7.89. The topological polar surface area (TPSA) is 78.0 Å². The van der Waals surface area contributed by atoms with E-state index in [9.17, 15) is 31.2 Å². The van der Waals surface area contributed by atoms with Crippen LogP contribution in [-0.4, -0.2) is 73.6 Å². The predicted molar refractivity (Wildman–Crippen MR) is 97.2 cm³/mol. The maximum atomic E-state index is 12.7. The summed E-state index contributed by atoms with van der Waals surface area (Å²) in [5.74, 6) is -0.0958. The van der Waals surface area contributed by atoms with Crippen molar-refractivity contribution in [1.82, 2.24) is 14.1 Å². The Morgan fingerprint density at radius 1 is 1.00 bits per heavy atom. The fraction of sp³-hybridized carbons (Fsp3) is 0.556. The summed E-state index contributed by atoms with van der Waals surface area (Å²) in [7, 11) is -3.93. The summed E-state index contributed by atoms with van der Waals surface area (Å²) < 4.78 is 64.4. The first-order valence-corrected chi connectivity index (χ1v) is 10.8. The number of carbonyl (C=O) groups excluding carboxylic acids is 2. The van der Waals surface area contributed by atoms with E-state index in [2.05, 4.69) is 0 Å². The van der Waals surface area contributed by atoms with Gasteiger partial charge in [0.05, 0.1) is 10.5 Å². The third-order valence-corrected chi connectivity index (χ3v) is 7.09. The number of hydrogen-bond acceptors (Lipinski definition) is 4. The van der Waals surface area contributed by atoms with Crippen LogP contribution in [0.3, 0.4) is 0 Å². The van der Waals surface area contributed by atoms with E-state index >= 15 is 0 Å². The SMILES string of the molecule is O=C1CCCN1CCC(=O)N1CCN(S(=O)(=O)c2ccc(C(F)(F)F)cc2)CC1. The number of halogens is 3. The molecular formula is C18H22F3N3O4S. The van der Waals surface area contributed by atoms with Gasteiger partial charge >= 0.3 is 6.18 Å². The number of hydrogen-bond donors (Lipinski definition) is 0. The Morgan fingerprint density at radius 3 is 2.14 bits per heavy atom. The van der Waals surface area contributed by atoms with Crippen molar-refractivity contribution >= 4 is 21.8 Å². The number of carbonyl (C=O) groups is 2. The molecule has 0 atom stereocenters. The van der Waals surface area contributed by atoms with E-state index in [-0.39, 0.29) is 49.3 Å². The number of amides is 2. The summed E-state index contributed by atoms with van der Waals surface area (Å²) in [5.41, 5.74) is -0.914. The molecule has 29 heavy (non-hydrogen) atoms. The summed E-state index contributed by atoms with van der Waals surface area (Å²) in [6.45, 7) is 1.56. The molecule has 160 valence electrons. The van der Waals surface area contributed by atoms with Crippen molar-refractivity contribution < 1.29 is 31.2 Å². The first-order valence-electron chi connectivity index (χ1n) is 9.32. The fourth-order valence-corrected chi connectivity index (χ4v) is 4.89. The van der Waals surface area contributed by atoms with Gasteiger partial charge in [-0.3, -0.25) is 9.59 Å². The number of benzene rings is 1. The molecular weight excluding hydrogens is 411 g/mol. The van der Waals surface area contributed by atoms with Gasteiger partial charge in [0.15, 0.2) is 0 Å². The predicted octanol–water partition coefficient (Wildman–Crippen LogP) is 1.55. The van der Waals surface area contributed by atoms with Gasteiger partial charge in [-0.2, -0.15) is 17.5 Å². The average Bonchev–Trinajstić information content (AvgIpc) is 3.10. The van der Waals surface area contributed by atoms with Crippen LogP contribution in [0.2, 0.25) is 0 Å². The van der Waals surface area contributed by atoms with Crippen molar-refractivity contribution in [3.8, 4) is 0 Å². The van der Waals surface area contributed by atoms with Gasteiger partial charge in [-0.05, 0) is 30.7 Å². The summed E-state index contributed by atoms with van der Waals surface area (Å²) >= 11 is 0. The fourth-order valence-electron chi connectivity index (χ4n) is 3.47. The second-order valence-electron chi connectivity index (χ2n) is 7.04. The summed E-state index contributed by atoms with van der Waals surface area (Å²) in [5, 5.41) is 0. The lowest BCUT2D eigenvalue weighted by Gasteiger charge is -2.34. The third kappa shape index (κ3) is 4.89. The average molecular weight is 433 g/mol.